The van der Waals surface area contributed by atoms with E-state index in [1.54, 1.807) is 0 Å². The number of rotatable bonds is 5. The van der Waals surface area contributed by atoms with Gasteiger partial charge in [-0.25, -0.2) is 15.1 Å². The third-order valence-corrected chi connectivity index (χ3v) is 5.51. The van der Waals surface area contributed by atoms with Gasteiger partial charge in [-0.05, 0) is 45.7 Å². The van der Waals surface area contributed by atoms with Gasteiger partial charge in [0.15, 0.2) is 11.5 Å². The largest absolute Gasteiger partial charge is 0.344 e. The maximum Gasteiger partial charge on any atom is 0.180 e. The highest BCUT2D eigenvalue weighted by molar-refractivity contribution is 5.80. The van der Waals surface area contributed by atoms with E-state index >= 15 is 0 Å². The van der Waals surface area contributed by atoms with Gasteiger partial charge in [0.1, 0.15) is 11.3 Å². The van der Waals surface area contributed by atoms with Crippen molar-refractivity contribution in [2.24, 2.45) is 0 Å². The van der Waals surface area contributed by atoms with Crippen molar-refractivity contribution in [2.45, 2.75) is 33.2 Å². The SMILES string of the molecule is Cc1ccnc2c1nc(C(C)C)n2Cc1ccc(-c2ccccc2-c2nnn[nH]2)cc1.N. The second-order valence-corrected chi connectivity index (χ2v) is 8.00. The molecular weight excluding hydrogens is 400 g/mol. The van der Waals surface area contributed by atoms with Crippen LogP contribution in [-0.2, 0) is 6.54 Å². The number of nitrogens with one attached hydrogen (secondary N) is 1. The zero-order valence-corrected chi connectivity index (χ0v) is 18.4. The van der Waals surface area contributed by atoms with E-state index in [4.69, 9.17) is 4.98 Å². The zero-order chi connectivity index (χ0) is 21.4. The molecule has 32 heavy (non-hydrogen) atoms. The Morgan fingerprint density at radius 2 is 1.72 bits per heavy atom. The Morgan fingerprint density at radius 3 is 2.41 bits per heavy atom. The van der Waals surface area contributed by atoms with E-state index in [0.717, 1.165) is 45.8 Å². The van der Waals surface area contributed by atoms with Crippen LogP contribution in [0.15, 0.2) is 60.8 Å². The number of imidazole rings is 1. The van der Waals surface area contributed by atoms with Crippen LogP contribution >= 0.6 is 0 Å². The molecule has 3 aromatic heterocycles. The summed E-state index contributed by atoms with van der Waals surface area (Å²) in [6.45, 7) is 7.16. The molecule has 8 nitrogen and oxygen atoms in total. The minimum atomic E-state index is 0. The van der Waals surface area contributed by atoms with Crippen LogP contribution in [-0.4, -0.2) is 35.2 Å². The van der Waals surface area contributed by atoms with Crippen molar-refractivity contribution in [1.29, 1.82) is 0 Å². The Balaban J connectivity index is 0.00000245. The molecule has 0 aliphatic carbocycles. The van der Waals surface area contributed by atoms with Crippen molar-refractivity contribution in [2.75, 3.05) is 0 Å². The van der Waals surface area contributed by atoms with Gasteiger partial charge < -0.3 is 10.7 Å². The van der Waals surface area contributed by atoms with Crippen LogP contribution in [0.5, 0.6) is 0 Å². The number of H-pyrrole nitrogens is 1. The number of pyridine rings is 1. The molecule has 0 aliphatic heterocycles. The first-order chi connectivity index (χ1) is 15.1. The smallest absolute Gasteiger partial charge is 0.180 e. The predicted octanol–water partition coefficient (Wildman–Crippen LogP) is 4.92. The standard InChI is InChI=1S/C24H23N7.H3N/c1-15(2)23-26-21-16(3)12-13-25-24(21)31(23)14-17-8-10-18(11-9-17)19-6-4-5-7-20(19)22-27-29-30-28-22;/h4-13,15H,14H2,1-3H3,(H,27,28,29,30);1H3. The first-order valence-corrected chi connectivity index (χ1v) is 10.4. The number of aromatic nitrogens is 7. The number of hydrogen-bond donors (Lipinski definition) is 2. The summed E-state index contributed by atoms with van der Waals surface area (Å²) >= 11 is 0. The number of aromatic amines is 1. The first-order valence-electron chi connectivity index (χ1n) is 10.4. The molecule has 0 aliphatic rings. The van der Waals surface area contributed by atoms with E-state index in [0.29, 0.717) is 11.7 Å². The van der Waals surface area contributed by atoms with Crippen LogP contribution in [0.4, 0.5) is 0 Å². The van der Waals surface area contributed by atoms with E-state index in [-0.39, 0.29) is 6.15 Å². The number of nitrogens with zero attached hydrogens (tertiary/aromatic N) is 6. The van der Waals surface area contributed by atoms with E-state index in [1.165, 1.54) is 5.56 Å². The van der Waals surface area contributed by atoms with Crippen LogP contribution in [0.1, 0.15) is 36.7 Å². The summed E-state index contributed by atoms with van der Waals surface area (Å²) in [5.41, 5.74) is 7.45. The topological polar surface area (TPSA) is 120 Å². The van der Waals surface area contributed by atoms with E-state index in [9.17, 15) is 0 Å². The van der Waals surface area contributed by atoms with E-state index in [1.807, 2.05) is 30.5 Å². The van der Waals surface area contributed by atoms with Crippen molar-refractivity contribution in [3.05, 3.63) is 77.7 Å². The Bertz CT molecular complexity index is 1330. The van der Waals surface area contributed by atoms with Crippen molar-refractivity contribution < 1.29 is 0 Å². The van der Waals surface area contributed by atoms with Gasteiger partial charge in [0.05, 0.1) is 6.54 Å². The van der Waals surface area contributed by atoms with E-state index in [2.05, 4.69) is 81.3 Å². The summed E-state index contributed by atoms with van der Waals surface area (Å²) < 4.78 is 2.23. The molecule has 4 N–H and O–H groups in total. The lowest BCUT2D eigenvalue weighted by Crippen LogP contribution is -2.07. The molecule has 162 valence electrons. The molecule has 0 atom stereocenters. The molecule has 0 bridgehead atoms. The maximum absolute atomic E-state index is 4.89. The summed E-state index contributed by atoms with van der Waals surface area (Å²) in [4.78, 5) is 9.52. The summed E-state index contributed by atoms with van der Waals surface area (Å²) in [5.74, 6) is 2.03. The average molecular weight is 427 g/mol. The third kappa shape index (κ3) is 3.76. The highest BCUT2D eigenvalue weighted by Gasteiger charge is 2.16. The lowest BCUT2D eigenvalue weighted by Gasteiger charge is -2.12. The highest BCUT2D eigenvalue weighted by atomic mass is 15.5. The minimum Gasteiger partial charge on any atom is -0.344 e. The second-order valence-electron chi connectivity index (χ2n) is 8.00. The van der Waals surface area contributed by atoms with Gasteiger partial charge >= 0.3 is 0 Å². The van der Waals surface area contributed by atoms with Crippen LogP contribution in [0, 0.1) is 6.92 Å². The molecule has 5 aromatic rings. The number of fused-ring (bicyclic) bond motifs is 1. The molecule has 0 saturated heterocycles. The number of tetrazole rings is 1. The van der Waals surface area contributed by atoms with Gasteiger partial charge in [-0.3, -0.25) is 0 Å². The third-order valence-electron chi connectivity index (χ3n) is 5.51. The normalized spacial score (nSPS) is 11.1. The van der Waals surface area contributed by atoms with Crippen molar-refractivity contribution in [1.82, 2.24) is 41.3 Å². The predicted molar refractivity (Wildman–Crippen MR) is 126 cm³/mol. The molecule has 0 unspecified atom stereocenters. The maximum atomic E-state index is 4.89. The number of benzene rings is 2. The molecule has 0 fully saturated rings. The van der Waals surface area contributed by atoms with Crippen LogP contribution in [0.2, 0.25) is 0 Å². The van der Waals surface area contributed by atoms with Gasteiger partial charge in [-0.2, -0.15) is 0 Å². The average Bonchev–Trinajstić information content (AvgIpc) is 3.44. The van der Waals surface area contributed by atoms with Gasteiger partial charge in [0.2, 0.25) is 0 Å². The quantitative estimate of drug-likeness (QED) is 0.411. The lowest BCUT2D eigenvalue weighted by molar-refractivity contribution is 0.679. The summed E-state index contributed by atoms with van der Waals surface area (Å²) in [5, 5.41) is 14.3. The zero-order valence-electron chi connectivity index (χ0n) is 18.4. The fourth-order valence-corrected chi connectivity index (χ4v) is 3.94. The Hall–Kier alpha value is -3.91. The molecular formula is C24H26N8. The van der Waals surface area contributed by atoms with Crippen molar-refractivity contribution in [3.63, 3.8) is 0 Å². The fourth-order valence-electron chi connectivity index (χ4n) is 3.94. The van der Waals surface area contributed by atoms with Crippen LogP contribution in [0.25, 0.3) is 33.7 Å². The number of aryl methyl sites for hydroxylation is 1. The van der Waals surface area contributed by atoms with Gasteiger partial charge in [0.25, 0.3) is 0 Å². The molecule has 5 rings (SSSR count). The summed E-state index contributed by atoms with van der Waals surface area (Å²) in [6, 6.07) is 18.7. The lowest BCUT2D eigenvalue weighted by atomic mass is 9.98. The molecule has 3 heterocycles. The monoisotopic (exact) mass is 426 g/mol. The minimum absolute atomic E-state index is 0. The molecule has 0 saturated carbocycles. The molecule has 0 radical (unpaired) electrons. The Morgan fingerprint density at radius 1 is 0.969 bits per heavy atom. The Kier molecular flexibility index (Phi) is 5.79. The highest BCUT2D eigenvalue weighted by Crippen LogP contribution is 2.30. The fraction of sp³-hybridized carbons (Fsp3) is 0.208. The first kappa shape index (κ1) is 21.3. The Labute approximate surface area is 186 Å². The van der Waals surface area contributed by atoms with E-state index < -0.39 is 0 Å². The van der Waals surface area contributed by atoms with Crippen LogP contribution in [0.3, 0.4) is 0 Å². The summed E-state index contributed by atoms with van der Waals surface area (Å²) in [7, 11) is 0. The molecule has 8 heteroatoms. The molecule has 0 amide bonds. The van der Waals surface area contributed by atoms with Gasteiger partial charge in [-0.15, -0.1) is 5.10 Å². The van der Waals surface area contributed by atoms with Crippen molar-refractivity contribution >= 4 is 11.2 Å². The molecule has 2 aromatic carbocycles. The van der Waals surface area contributed by atoms with Crippen LogP contribution < -0.4 is 6.15 Å². The summed E-state index contributed by atoms with van der Waals surface area (Å²) in [6.07, 6.45) is 1.86. The van der Waals surface area contributed by atoms with Gasteiger partial charge in [0, 0.05) is 17.7 Å². The second kappa shape index (κ2) is 8.68. The van der Waals surface area contributed by atoms with Gasteiger partial charge in [-0.1, -0.05) is 62.4 Å². The molecule has 0 spiro atoms. The van der Waals surface area contributed by atoms with Crippen molar-refractivity contribution in [3.8, 4) is 22.5 Å². The number of hydrogen-bond acceptors (Lipinski definition) is 6.